The van der Waals surface area contributed by atoms with E-state index in [0.717, 1.165) is 28.7 Å². The zero-order valence-electron chi connectivity index (χ0n) is 27.9. The van der Waals surface area contributed by atoms with E-state index in [4.69, 9.17) is 14.2 Å². The van der Waals surface area contributed by atoms with Gasteiger partial charge >= 0.3 is 11.9 Å². The van der Waals surface area contributed by atoms with E-state index in [0.29, 0.717) is 18.1 Å². The van der Waals surface area contributed by atoms with E-state index in [1.54, 1.807) is 4.57 Å². The van der Waals surface area contributed by atoms with Crippen molar-refractivity contribution >= 4 is 11.9 Å². The van der Waals surface area contributed by atoms with Crippen LogP contribution in [0.3, 0.4) is 0 Å². The van der Waals surface area contributed by atoms with Gasteiger partial charge in [-0.1, -0.05) is 55.5 Å². The van der Waals surface area contributed by atoms with Gasteiger partial charge in [0, 0.05) is 32.6 Å². The van der Waals surface area contributed by atoms with Gasteiger partial charge < -0.3 is 28.7 Å². The number of ether oxygens (including phenoxy) is 3. The summed E-state index contributed by atoms with van der Waals surface area (Å²) >= 11 is 0. The Hall–Kier alpha value is -5.22. The number of carbonyl (C=O) groups excluding carboxylic acids is 2. The molecule has 1 fully saturated rings. The molecule has 2 heterocycles. The van der Waals surface area contributed by atoms with Crippen LogP contribution < -0.4 is 0 Å². The predicted molar refractivity (Wildman–Crippen MR) is 172 cm³/mol. The lowest BCUT2D eigenvalue weighted by Crippen LogP contribution is -2.29. The van der Waals surface area contributed by atoms with Crippen molar-refractivity contribution in [3.8, 4) is 22.5 Å². The lowest BCUT2D eigenvalue weighted by Gasteiger charge is -2.20. The van der Waals surface area contributed by atoms with Crippen molar-refractivity contribution in [3.63, 3.8) is 0 Å². The quantitative estimate of drug-likeness (QED) is 0.0838. The fourth-order valence-electron chi connectivity index (χ4n) is 6.02. The van der Waals surface area contributed by atoms with Crippen LogP contribution in [0.2, 0.25) is 0 Å². The third-order valence-electron chi connectivity index (χ3n) is 8.29. The molecule has 5 rings (SSSR count). The number of esters is 2. The van der Waals surface area contributed by atoms with E-state index in [1.165, 1.54) is 27.9 Å². The number of tetrazole rings is 1. The van der Waals surface area contributed by atoms with Crippen molar-refractivity contribution in [2.45, 2.75) is 84.0 Å². The average Bonchev–Trinajstić information content (AvgIpc) is 3.81. The maximum absolute atomic E-state index is 13.8. The van der Waals surface area contributed by atoms with Crippen molar-refractivity contribution in [3.05, 3.63) is 81.4 Å². The van der Waals surface area contributed by atoms with E-state index in [-0.39, 0.29) is 30.8 Å². The van der Waals surface area contributed by atoms with E-state index in [2.05, 4.69) is 30.4 Å². The molecule has 1 saturated carbocycles. The second-order valence-electron chi connectivity index (χ2n) is 12.3. The smallest absolute Gasteiger partial charge is 0.360 e. The number of imidazole rings is 1. The Morgan fingerprint density at radius 1 is 1.10 bits per heavy atom. The molecule has 260 valence electrons. The molecular formula is C33H39N7O9. The molecule has 0 saturated heterocycles. The van der Waals surface area contributed by atoms with Crippen LogP contribution in [0.1, 0.15) is 74.5 Å². The number of rotatable bonds is 14. The summed E-state index contributed by atoms with van der Waals surface area (Å²) in [6.45, 7) is 6.68. The minimum Gasteiger partial charge on any atom is -0.425 e. The Balaban J connectivity index is 1.37. The van der Waals surface area contributed by atoms with Crippen molar-refractivity contribution in [1.29, 1.82) is 0 Å². The van der Waals surface area contributed by atoms with Gasteiger partial charge in [0.15, 0.2) is 11.5 Å². The molecule has 1 unspecified atom stereocenters. The van der Waals surface area contributed by atoms with Crippen LogP contribution in [0.25, 0.3) is 22.5 Å². The van der Waals surface area contributed by atoms with Crippen LogP contribution in [-0.4, -0.2) is 77.9 Å². The Morgan fingerprint density at radius 3 is 2.41 bits per heavy atom. The molecule has 0 amide bonds. The number of H-pyrrole nitrogens is 1. The van der Waals surface area contributed by atoms with Crippen LogP contribution in [0, 0.1) is 16.0 Å². The first-order valence-electron chi connectivity index (χ1n) is 15.9. The van der Waals surface area contributed by atoms with Gasteiger partial charge in [0.05, 0.1) is 12.0 Å². The third kappa shape index (κ3) is 8.09. The van der Waals surface area contributed by atoms with Gasteiger partial charge in [-0.05, 0) is 60.2 Å². The second kappa shape index (κ2) is 14.9. The van der Waals surface area contributed by atoms with Gasteiger partial charge in [-0.2, -0.15) is 0 Å². The number of aryl methyl sites for hydroxylation is 1. The first-order chi connectivity index (χ1) is 23.4. The normalized spacial score (nSPS) is 18.2. The van der Waals surface area contributed by atoms with E-state index >= 15 is 0 Å². The van der Waals surface area contributed by atoms with Gasteiger partial charge in [-0.15, -0.1) is 15.2 Å². The summed E-state index contributed by atoms with van der Waals surface area (Å²) in [4.78, 5) is 46.9. The zero-order chi connectivity index (χ0) is 35.3. The standard InChI is InChI=1S/C33H39N7O9/c1-6-9-27-34-29(33(3,4)43)28(32(42)48-19(2)47-31(41)22-16-25(46-5)26(17-22)49-40(44)45)39(27)18-20-12-14-21(15-13-20)23-10-7-8-11-24(23)30-35-37-38-36-30/h7-8,10-15,19,22,25-26,43H,6,9,16-18H2,1-5H3,(H,35,36,37,38)/t19?,22-,25+,26+/m1/s1. The fourth-order valence-corrected chi connectivity index (χ4v) is 6.02. The molecule has 2 aromatic heterocycles. The lowest BCUT2D eigenvalue weighted by atomic mass is 9.98. The Labute approximate surface area is 281 Å². The first kappa shape index (κ1) is 35.1. The highest BCUT2D eigenvalue weighted by molar-refractivity contribution is 5.89. The summed E-state index contributed by atoms with van der Waals surface area (Å²) in [7, 11) is 1.38. The number of carbonyl (C=O) groups is 2. The van der Waals surface area contributed by atoms with Gasteiger partial charge in [0.2, 0.25) is 6.29 Å². The molecule has 16 heteroatoms. The van der Waals surface area contributed by atoms with E-state index in [9.17, 15) is 24.8 Å². The summed E-state index contributed by atoms with van der Waals surface area (Å²) in [6, 6.07) is 15.5. The monoisotopic (exact) mass is 677 g/mol. The molecule has 4 aromatic rings. The predicted octanol–water partition coefficient (Wildman–Crippen LogP) is 4.01. The Morgan fingerprint density at radius 2 is 1.80 bits per heavy atom. The maximum atomic E-state index is 13.8. The minimum atomic E-state index is -1.50. The summed E-state index contributed by atoms with van der Waals surface area (Å²) in [6.07, 6.45) is -1.51. The molecule has 1 aliphatic carbocycles. The topological polar surface area (TPSA) is 207 Å². The summed E-state index contributed by atoms with van der Waals surface area (Å²) in [5.41, 5.74) is 2.21. The van der Waals surface area contributed by atoms with Gasteiger partial charge in [-0.25, -0.2) is 14.9 Å². The molecule has 0 aliphatic heterocycles. The first-order valence-corrected chi connectivity index (χ1v) is 15.9. The number of hydrogen-bond acceptors (Lipinski definition) is 13. The molecule has 16 nitrogen and oxygen atoms in total. The van der Waals surface area contributed by atoms with Crippen LogP contribution >= 0.6 is 0 Å². The molecule has 49 heavy (non-hydrogen) atoms. The summed E-state index contributed by atoms with van der Waals surface area (Å²) in [5, 5.41) is 35.2. The van der Waals surface area contributed by atoms with Crippen molar-refractivity contribution in [2.75, 3.05) is 7.11 Å². The largest absolute Gasteiger partial charge is 0.425 e. The number of nitrogens with one attached hydrogen (secondary N) is 1. The number of aromatic amines is 1. The highest BCUT2D eigenvalue weighted by atomic mass is 17.0. The number of aliphatic hydroxyl groups is 1. The van der Waals surface area contributed by atoms with Crippen molar-refractivity contribution in [1.82, 2.24) is 30.2 Å². The summed E-state index contributed by atoms with van der Waals surface area (Å²) in [5.74, 6) is -1.18. The fraction of sp³-hybridized carbons (Fsp3) is 0.455. The highest BCUT2D eigenvalue weighted by Gasteiger charge is 2.42. The van der Waals surface area contributed by atoms with Crippen LogP contribution in [-0.2, 0) is 42.4 Å². The van der Waals surface area contributed by atoms with E-state index < -0.39 is 47.0 Å². The Bertz CT molecular complexity index is 1770. The van der Waals surface area contributed by atoms with Crippen LogP contribution in [0.15, 0.2) is 48.5 Å². The number of hydrogen-bond donors (Lipinski definition) is 2. The maximum Gasteiger partial charge on any atom is 0.360 e. The molecule has 4 atom stereocenters. The third-order valence-corrected chi connectivity index (χ3v) is 8.29. The number of methoxy groups -OCH3 is 1. The zero-order valence-corrected chi connectivity index (χ0v) is 27.9. The van der Waals surface area contributed by atoms with Crippen molar-refractivity contribution < 1.29 is 38.8 Å². The highest BCUT2D eigenvalue weighted by Crippen LogP contribution is 2.33. The van der Waals surface area contributed by atoms with E-state index in [1.807, 2.05) is 55.5 Å². The molecule has 2 N–H and O–H groups in total. The number of nitrogens with zero attached hydrogens (tertiary/aromatic N) is 6. The van der Waals surface area contributed by atoms with Gasteiger partial charge in [-0.3, -0.25) is 4.79 Å². The van der Waals surface area contributed by atoms with Crippen molar-refractivity contribution in [2.24, 2.45) is 5.92 Å². The minimum absolute atomic E-state index is 0.0105. The number of aromatic nitrogens is 6. The molecule has 1 aliphatic rings. The summed E-state index contributed by atoms with van der Waals surface area (Å²) < 4.78 is 18.0. The molecule has 0 bridgehead atoms. The van der Waals surface area contributed by atoms with Gasteiger partial charge in [0.1, 0.15) is 23.2 Å². The lowest BCUT2D eigenvalue weighted by molar-refractivity contribution is -0.770. The van der Waals surface area contributed by atoms with Gasteiger partial charge in [0.25, 0.3) is 5.09 Å². The molecule has 2 aromatic carbocycles. The molecule has 0 radical (unpaired) electrons. The Kier molecular flexibility index (Phi) is 10.7. The number of benzene rings is 2. The van der Waals surface area contributed by atoms with Crippen LogP contribution in [0.4, 0.5) is 0 Å². The molecule has 0 spiro atoms. The SMILES string of the molecule is CCCc1nc(C(C)(C)O)c(C(=O)OC(C)OC(=O)[C@@H]2C[C@H](OC)[C@@H](O[N+](=O)[O-])C2)n1Cc1ccc(-c2ccccc2-c2nnn[nH]2)cc1. The second-order valence-corrected chi connectivity index (χ2v) is 12.3. The average molecular weight is 678 g/mol. The molecular weight excluding hydrogens is 638 g/mol. The van der Waals surface area contributed by atoms with Crippen LogP contribution in [0.5, 0.6) is 0 Å².